The van der Waals surface area contributed by atoms with Crippen LogP contribution in [0.1, 0.15) is 73.9 Å². The van der Waals surface area contributed by atoms with E-state index in [1.807, 2.05) is 12.6 Å². The van der Waals surface area contributed by atoms with Gasteiger partial charge in [-0.15, -0.1) is 11.3 Å². The van der Waals surface area contributed by atoms with Gasteiger partial charge in [-0.2, -0.15) is 0 Å². The lowest BCUT2D eigenvalue weighted by molar-refractivity contribution is -0.139. The van der Waals surface area contributed by atoms with Gasteiger partial charge in [-0.05, 0) is 51.0 Å². The molecule has 130 valence electrons. The van der Waals surface area contributed by atoms with Gasteiger partial charge in [0.05, 0.1) is 16.1 Å². The number of carbonyl (C=O) groups is 1. The van der Waals surface area contributed by atoms with Crippen LogP contribution in [0.4, 0.5) is 0 Å². The highest BCUT2D eigenvalue weighted by Gasteiger charge is 2.49. The van der Waals surface area contributed by atoms with Crippen molar-refractivity contribution in [1.82, 2.24) is 15.2 Å². The zero-order valence-electron chi connectivity index (χ0n) is 14.4. The lowest BCUT2D eigenvalue weighted by Crippen LogP contribution is -2.51. The van der Waals surface area contributed by atoms with Gasteiger partial charge in [-0.1, -0.05) is 19.3 Å². The number of carbonyl (C=O) groups excluding carboxylic acids is 1. The molecule has 5 heteroatoms. The summed E-state index contributed by atoms with van der Waals surface area (Å²) in [5, 5.41) is 3.31. The van der Waals surface area contributed by atoms with Gasteiger partial charge in [0.2, 0.25) is 5.91 Å². The molecule has 1 aromatic rings. The highest BCUT2D eigenvalue weighted by molar-refractivity contribution is 7.10. The summed E-state index contributed by atoms with van der Waals surface area (Å²) < 4.78 is 0. The van der Waals surface area contributed by atoms with E-state index in [0.717, 1.165) is 18.3 Å². The Bertz CT molecular complexity index is 632. The second-order valence-electron chi connectivity index (χ2n) is 8.34. The van der Waals surface area contributed by atoms with Crippen LogP contribution in [-0.4, -0.2) is 34.9 Å². The molecule has 5 unspecified atom stereocenters. The maximum atomic E-state index is 13.6. The molecule has 4 nitrogen and oxygen atoms in total. The topological polar surface area (TPSA) is 45.2 Å². The van der Waals surface area contributed by atoms with E-state index in [2.05, 4.69) is 10.2 Å². The van der Waals surface area contributed by atoms with Crippen molar-refractivity contribution < 1.29 is 4.79 Å². The number of thiazole rings is 1. The zero-order valence-corrected chi connectivity index (χ0v) is 15.2. The first-order chi connectivity index (χ1) is 11.8. The third-order valence-corrected chi connectivity index (χ3v) is 8.03. The maximum absolute atomic E-state index is 13.6. The monoisotopic (exact) mass is 345 g/mol. The van der Waals surface area contributed by atoms with E-state index >= 15 is 0 Å². The molecular formula is C19H27N3OS. The highest BCUT2D eigenvalue weighted by atomic mass is 32.1. The van der Waals surface area contributed by atoms with E-state index in [9.17, 15) is 4.79 Å². The number of nitrogens with one attached hydrogen (secondary N) is 1. The second-order valence-corrected chi connectivity index (χ2v) is 9.23. The van der Waals surface area contributed by atoms with E-state index < -0.39 is 0 Å². The van der Waals surface area contributed by atoms with Crippen LogP contribution in [0.2, 0.25) is 0 Å². The van der Waals surface area contributed by atoms with Crippen LogP contribution in [0, 0.1) is 11.8 Å². The largest absolute Gasteiger partial charge is 0.334 e. The Morgan fingerprint density at radius 2 is 1.96 bits per heavy atom. The fourth-order valence-corrected chi connectivity index (χ4v) is 7.14. The number of fused-ring (bicyclic) bond motifs is 5. The van der Waals surface area contributed by atoms with E-state index in [4.69, 9.17) is 4.98 Å². The second kappa shape index (κ2) is 5.80. The van der Waals surface area contributed by atoms with E-state index in [1.54, 1.807) is 11.3 Å². The smallest absolute Gasteiger partial charge is 0.245 e. The number of amides is 1. The molecule has 1 aromatic heterocycles. The molecule has 1 N–H and O–H groups in total. The fraction of sp³-hybridized carbons (Fsp3) is 0.789. The Hall–Kier alpha value is -0.940. The standard InChI is InChI=1S/C19H27N3OS/c1-20-17-18-16(21-10-24-18)14-3-2-4-15(14)22(19(17)23)13-8-11-5-6-12(7-11)9-13/h10-15,17,20H,2-9H2,1H3. The number of hydrogen-bond acceptors (Lipinski definition) is 4. The molecule has 3 aliphatic carbocycles. The van der Waals surface area contributed by atoms with Crippen molar-refractivity contribution in [3.63, 3.8) is 0 Å². The summed E-state index contributed by atoms with van der Waals surface area (Å²) in [6.07, 6.45) is 10.3. The van der Waals surface area contributed by atoms with Crippen molar-refractivity contribution in [3.8, 4) is 0 Å². The lowest BCUT2D eigenvalue weighted by atomic mass is 9.83. The molecule has 0 radical (unpaired) electrons. The number of rotatable bonds is 2. The van der Waals surface area contributed by atoms with Crippen LogP contribution in [0.5, 0.6) is 0 Å². The number of likely N-dealkylation sites (N-methyl/N-ethyl adjacent to an activating group) is 1. The van der Waals surface area contributed by atoms with Gasteiger partial charge in [0.1, 0.15) is 6.04 Å². The summed E-state index contributed by atoms with van der Waals surface area (Å²) in [5.74, 6) is 2.52. The van der Waals surface area contributed by atoms with Crippen LogP contribution in [0.15, 0.2) is 5.51 Å². The summed E-state index contributed by atoms with van der Waals surface area (Å²) in [6.45, 7) is 0. The molecule has 1 aliphatic heterocycles. The Morgan fingerprint density at radius 1 is 1.17 bits per heavy atom. The van der Waals surface area contributed by atoms with Crippen molar-refractivity contribution in [2.75, 3.05) is 7.05 Å². The average molecular weight is 346 g/mol. The van der Waals surface area contributed by atoms with Gasteiger partial charge < -0.3 is 10.2 Å². The van der Waals surface area contributed by atoms with Gasteiger partial charge in [-0.3, -0.25) is 4.79 Å². The summed E-state index contributed by atoms with van der Waals surface area (Å²) in [7, 11) is 1.93. The van der Waals surface area contributed by atoms with Crippen molar-refractivity contribution in [1.29, 1.82) is 0 Å². The van der Waals surface area contributed by atoms with Crippen molar-refractivity contribution in [2.45, 2.75) is 75.4 Å². The fourth-order valence-electron chi connectivity index (χ4n) is 6.18. The molecule has 3 fully saturated rings. The molecule has 5 atom stereocenters. The molecule has 24 heavy (non-hydrogen) atoms. The van der Waals surface area contributed by atoms with Gasteiger partial charge in [-0.25, -0.2) is 4.98 Å². The predicted octanol–water partition coefficient (Wildman–Crippen LogP) is 3.46. The van der Waals surface area contributed by atoms with E-state index in [1.165, 1.54) is 55.5 Å². The lowest BCUT2D eigenvalue weighted by Gasteiger charge is -2.42. The highest BCUT2D eigenvalue weighted by Crippen LogP contribution is 2.49. The minimum absolute atomic E-state index is 0.183. The van der Waals surface area contributed by atoms with Gasteiger partial charge in [0, 0.05) is 18.0 Å². The molecule has 0 saturated heterocycles. The molecule has 2 heterocycles. The Morgan fingerprint density at radius 3 is 2.71 bits per heavy atom. The Labute approximate surface area is 148 Å². The van der Waals surface area contributed by atoms with Crippen LogP contribution in [0.25, 0.3) is 0 Å². The van der Waals surface area contributed by atoms with Crippen LogP contribution in [-0.2, 0) is 4.79 Å². The first kappa shape index (κ1) is 15.3. The number of aromatic nitrogens is 1. The molecule has 0 aromatic carbocycles. The molecule has 1 amide bonds. The summed E-state index contributed by atoms with van der Waals surface area (Å²) in [6, 6.07) is 0.677. The zero-order chi connectivity index (χ0) is 16.3. The first-order valence-corrected chi connectivity index (χ1v) is 10.6. The normalized spacial score (nSPS) is 41.2. The predicted molar refractivity (Wildman–Crippen MR) is 95.0 cm³/mol. The first-order valence-electron chi connectivity index (χ1n) is 9.69. The van der Waals surface area contributed by atoms with Gasteiger partial charge >= 0.3 is 0 Å². The Kier molecular flexibility index (Phi) is 3.71. The van der Waals surface area contributed by atoms with Crippen LogP contribution >= 0.6 is 11.3 Å². The van der Waals surface area contributed by atoms with Crippen molar-refractivity contribution >= 4 is 17.2 Å². The molecule has 5 rings (SSSR count). The summed E-state index contributed by atoms with van der Waals surface area (Å²) in [4.78, 5) is 21.8. The average Bonchev–Trinajstić information content (AvgIpc) is 3.28. The van der Waals surface area contributed by atoms with Gasteiger partial charge in [0.15, 0.2) is 0 Å². The maximum Gasteiger partial charge on any atom is 0.245 e. The quantitative estimate of drug-likeness (QED) is 0.893. The van der Waals surface area contributed by atoms with Crippen LogP contribution < -0.4 is 5.32 Å². The van der Waals surface area contributed by atoms with Crippen LogP contribution in [0.3, 0.4) is 0 Å². The van der Waals surface area contributed by atoms with Crippen molar-refractivity contribution in [3.05, 3.63) is 16.1 Å². The van der Waals surface area contributed by atoms with Gasteiger partial charge in [0.25, 0.3) is 0 Å². The van der Waals surface area contributed by atoms with E-state index in [0.29, 0.717) is 23.9 Å². The molecule has 0 spiro atoms. The van der Waals surface area contributed by atoms with Crippen molar-refractivity contribution in [2.24, 2.45) is 11.8 Å². The summed E-state index contributed by atoms with van der Waals surface area (Å²) in [5.41, 5.74) is 3.16. The molecule has 2 bridgehead atoms. The summed E-state index contributed by atoms with van der Waals surface area (Å²) >= 11 is 1.67. The third kappa shape index (κ3) is 2.20. The minimum Gasteiger partial charge on any atom is -0.334 e. The molecule has 4 aliphatic rings. The van der Waals surface area contributed by atoms with E-state index in [-0.39, 0.29) is 6.04 Å². The third-order valence-electron chi connectivity index (χ3n) is 7.12. The molecule has 3 saturated carbocycles. The Balaban J connectivity index is 1.54. The minimum atomic E-state index is -0.183. The molecular weight excluding hydrogens is 318 g/mol. The SMILES string of the molecule is CNC1C(=O)N(C2CC3CCC(C3)C2)C2CCCC2c2ncsc21. The number of nitrogens with zero attached hydrogens (tertiary/aromatic N) is 2. The number of hydrogen-bond donors (Lipinski definition) is 1.